The van der Waals surface area contributed by atoms with Crippen LogP contribution in [0, 0.1) is 11.8 Å². The molecule has 1 rings (SSSR count). The number of nitrogens with one attached hydrogen (secondary N) is 2. The van der Waals surface area contributed by atoms with Crippen molar-refractivity contribution in [2.45, 2.75) is 39.2 Å². The van der Waals surface area contributed by atoms with Gasteiger partial charge in [0.25, 0.3) is 0 Å². The fraction of sp³-hybridized carbons (Fsp3) is 0.929. The molecule has 2 atom stereocenters. The van der Waals surface area contributed by atoms with Crippen molar-refractivity contribution < 1.29 is 4.79 Å². The van der Waals surface area contributed by atoms with Gasteiger partial charge in [0.15, 0.2) is 0 Å². The maximum absolute atomic E-state index is 11.9. The minimum Gasteiger partial charge on any atom is -0.355 e. The van der Waals surface area contributed by atoms with E-state index in [9.17, 15) is 4.79 Å². The van der Waals surface area contributed by atoms with Crippen molar-refractivity contribution in [2.24, 2.45) is 11.8 Å². The Labute approximate surface area is 111 Å². The molecule has 1 saturated heterocycles. The van der Waals surface area contributed by atoms with E-state index < -0.39 is 0 Å². The van der Waals surface area contributed by atoms with Gasteiger partial charge in [-0.25, -0.2) is 0 Å². The Kier molecular flexibility index (Phi) is 6.65. The van der Waals surface area contributed by atoms with Crippen molar-refractivity contribution in [3.63, 3.8) is 0 Å². The predicted octanol–water partition coefficient (Wildman–Crippen LogP) is 1.08. The maximum atomic E-state index is 11.9. The molecular weight excluding hydrogens is 226 g/mol. The van der Waals surface area contributed by atoms with Gasteiger partial charge < -0.3 is 15.5 Å². The van der Waals surface area contributed by atoms with Crippen LogP contribution in [0.5, 0.6) is 0 Å². The smallest absolute Gasteiger partial charge is 0.220 e. The number of rotatable bonds is 6. The number of carbonyl (C=O) groups is 1. The summed E-state index contributed by atoms with van der Waals surface area (Å²) in [5.74, 6) is 1.28. The molecule has 1 aliphatic rings. The lowest BCUT2D eigenvalue weighted by Gasteiger charge is -2.28. The molecule has 4 nitrogen and oxygen atoms in total. The Morgan fingerprint density at radius 3 is 2.67 bits per heavy atom. The van der Waals surface area contributed by atoms with E-state index in [1.807, 2.05) is 0 Å². The summed E-state index contributed by atoms with van der Waals surface area (Å²) in [5, 5.41) is 6.44. The second-order valence-electron chi connectivity index (χ2n) is 6.00. The number of carbonyl (C=O) groups excluding carboxylic acids is 1. The zero-order valence-corrected chi connectivity index (χ0v) is 12.3. The van der Waals surface area contributed by atoms with Crippen LogP contribution in [0.15, 0.2) is 0 Å². The van der Waals surface area contributed by atoms with Gasteiger partial charge in [0.05, 0.1) is 0 Å². The second-order valence-corrected chi connectivity index (χ2v) is 6.00. The average Bonchev–Trinajstić information content (AvgIpc) is 2.29. The first-order valence-electron chi connectivity index (χ1n) is 7.14. The van der Waals surface area contributed by atoms with Crippen LogP contribution in [0.3, 0.4) is 0 Å². The molecular formula is C14H29N3O. The molecule has 0 bridgehead atoms. The molecule has 0 aromatic rings. The van der Waals surface area contributed by atoms with E-state index in [0.29, 0.717) is 24.3 Å². The number of hydrogen-bond acceptors (Lipinski definition) is 3. The van der Waals surface area contributed by atoms with E-state index in [0.717, 1.165) is 19.6 Å². The first-order chi connectivity index (χ1) is 8.50. The molecule has 1 aliphatic heterocycles. The minimum absolute atomic E-state index is 0.205. The highest BCUT2D eigenvalue weighted by atomic mass is 16.1. The van der Waals surface area contributed by atoms with Gasteiger partial charge in [-0.1, -0.05) is 13.8 Å². The third-order valence-electron chi connectivity index (χ3n) is 3.81. The lowest BCUT2D eigenvalue weighted by molar-refractivity contribution is -0.122. The van der Waals surface area contributed by atoms with Crippen LogP contribution in [-0.4, -0.2) is 50.6 Å². The molecule has 4 heteroatoms. The summed E-state index contributed by atoms with van der Waals surface area (Å²) in [7, 11) is 4.14. The first kappa shape index (κ1) is 15.4. The Balaban J connectivity index is 2.26. The largest absolute Gasteiger partial charge is 0.355 e. The van der Waals surface area contributed by atoms with Crippen molar-refractivity contribution in [2.75, 3.05) is 33.7 Å². The van der Waals surface area contributed by atoms with E-state index in [2.05, 4.69) is 43.5 Å². The molecule has 2 unspecified atom stereocenters. The van der Waals surface area contributed by atoms with Crippen molar-refractivity contribution in [3.8, 4) is 0 Å². The van der Waals surface area contributed by atoms with Crippen molar-refractivity contribution in [1.82, 2.24) is 15.5 Å². The van der Waals surface area contributed by atoms with Crippen LogP contribution in [-0.2, 0) is 4.79 Å². The van der Waals surface area contributed by atoms with E-state index in [4.69, 9.17) is 0 Å². The van der Waals surface area contributed by atoms with E-state index in [1.54, 1.807) is 0 Å². The van der Waals surface area contributed by atoms with Gasteiger partial charge in [0, 0.05) is 19.0 Å². The highest BCUT2D eigenvalue weighted by molar-refractivity contribution is 5.76. The molecule has 1 heterocycles. The maximum Gasteiger partial charge on any atom is 0.220 e. The molecule has 0 saturated carbocycles. The van der Waals surface area contributed by atoms with Crippen molar-refractivity contribution in [3.05, 3.63) is 0 Å². The number of amides is 1. The fourth-order valence-corrected chi connectivity index (χ4v) is 2.67. The van der Waals surface area contributed by atoms with Gasteiger partial charge in [0.2, 0.25) is 5.91 Å². The van der Waals surface area contributed by atoms with Crippen LogP contribution in [0.1, 0.15) is 33.1 Å². The number of hydrogen-bond donors (Lipinski definition) is 2. The Hall–Kier alpha value is -0.610. The lowest BCUT2D eigenvalue weighted by Crippen LogP contribution is -2.44. The third-order valence-corrected chi connectivity index (χ3v) is 3.81. The van der Waals surface area contributed by atoms with Crippen LogP contribution in [0.25, 0.3) is 0 Å². The quantitative estimate of drug-likeness (QED) is 0.746. The van der Waals surface area contributed by atoms with Crippen LogP contribution >= 0.6 is 0 Å². The summed E-state index contributed by atoms with van der Waals surface area (Å²) in [5.41, 5.74) is 0. The summed E-state index contributed by atoms with van der Waals surface area (Å²) in [6, 6.07) is 0.415. The van der Waals surface area contributed by atoms with E-state index >= 15 is 0 Å². The van der Waals surface area contributed by atoms with Gasteiger partial charge in [-0.3, -0.25) is 4.79 Å². The molecule has 0 radical (unpaired) electrons. The van der Waals surface area contributed by atoms with Crippen LogP contribution in [0.4, 0.5) is 0 Å². The number of likely N-dealkylation sites (N-methyl/N-ethyl adjacent to an activating group) is 1. The molecule has 0 aromatic carbocycles. The lowest BCUT2D eigenvalue weighted by atomic mass is 9.96. The SMILES string of the molecule is CC(C)C(CNC(=O)CC1CCCNC1)N(C)C. The molecule has 1 amide bonds. The third kappa shape index (κ3) is 5.36. The summed E-state index contributed by atoms with van der Waals surface area (Å²) in [6.07, 6.45) is 3.05. The van der Waals surface area contributed by atoms with Crippen molar-refractivity contribution >= 4 is 5.91 Å². The Morgan fingerprint density at radius 1 is 1.44 bits per heavy atom. The van der Waals surface area contributed by atoms with E-state index in [1.165, 1.54) is 12.8 Å². The first-order valence-corrected chi connectivity index (χ1v) is 7.14. The van der Waals surface area contributed by atoms with E-state index in [-0.39, 0.29) is 5.91 Å². The van der Waals surface area contributed by atoms with Gasteiger partial charge in [0.1, 0.15) is 0 Å². The summed E-state index contributed by atoms with van der Waals surface area (Å²) in [4.78, 5) is 14.1. The average molecular weight is 255 g/mol. The second kappa shape index (κ2) is 7.74. The van der Waals surface area contributed by atoms with Gasteiger partial charge in [-0.2, -0.15) is 0 Å². The number of nitrogens with zero attached hydrogens (tertiary/aromatic N) is 1. The zero-order chi connectivity index (χ0) is 13.5. The fourth-order valence-electron chi connectivity index (χ4n) is 2.67. The van der Waals surface area contributed by atoms with Gasteiger partial charge in [-0.15, -0.1) is 0 Å². The van der Waals surface area contributed by atoms with Crippen LogP contribution < -0.4 is 10.6 Å². The van der Waals surface area contributed by atoms with Crippen LogP contribution in [0.2, 0.25) is 0 Å². The number of piperidine rings is 1. The molecule has 2 N–H and O–H groups in total. The minimum atomic E-state index is 0.205. The molecule has 0 aromatic heterocycles. The van der Waals surface area contributed by atoms with Gasteiger partial charge >= 0.3 is 0 Å². The molecule has 0 spiro atoms. The zero-order valence-electron chi connectivity index (χ0n) is 12.3. The van der Waals surface area contributed by atoms with Crippen molar-refractivity contribution in [1.29, 1.82) is 0 Å². The highest BCUT2D eigenvalue weighted by Gasteiger charge is 2.19. The molecule has 1 fully saturated rings. The Morgan fingerprint density at radius 2 is 2.17 bits per heavy atom. The van der Waals surface area contributed by atoms with Gasteiger partial charge in [-0.05, 0) is 51.9 Å². The Bertz CT molecular complexity index is 239. The summed E-state index contributed by atoms with van der Waals surface area (Å²) >= 11 is 0. The molecule has 18 heavy (non-hydrogen) atoms. The highest BCUT2D eigenvalue weighted by Crippen LogP contribution is 2.13. The molecule has 106 valence electrons. The molecule has 0 aliphatic carbocycles. The summed E-state index contributed by atoms with van der Waals surface area (Å²) in [6.45, 7) is 7.25. The summed E-state index contributed by atoms with van der Waals surface area (Å²) < 4.78 is 0. The topological polar surface area (TPSA) is 44.4 Å². The normalized spacial score (nSPS) is 22.2. The predicted molar refractivity (Wildman–Crippen MR) is 75.5 cm³/mol. The monoisotopic (exact) mass is 255 g/mol. The standard InChI is InChI=1S/C14H29N3O/c1-11(2)13(17(3)4)10-16-14(18)8-12-6-5-7-15-9-12/h11-13,15H,5-10H2,1-4H3,(H,16,18).